The molecule has 5 nitrogen and oxygen atoms in total. The fourth-order valence-corrected chi connectivity index (χ4v) is 2.19. The van der Waals surface area contributed by atoms with Crippen molar-refractivity contribution in [3.63, 3.8) is 0 Å². The van der Waals surface area contributed by atoms with Crippen LogP contribution in [-0.2, 0) is 4.74 Å². The number of carboxylic acids is 1. The summed E-state index contributed by atoms with van der Waals surface area (Å²) in [5.41, 5.74) is 0.805. The van der Waals surface area contributed by atoms with Crippen LogP contribution in [0.2, 0.25) is 5.02 Å². The van der Waals surface area contributed by atoms with Crippen molar-refractivity contribution in [3.05, 3.63) is 28.8 Å². The lowest BCUT2D eigenvalue weighted by Crippen LogP contribution is -2.39. The standard InChI is InChI=1S/C13H17ClN2O3/c14-10-1-2-12(11(9-10)13(17)18)15-3-4-16-5-7-19-8-6-16/h1-2,9,15H,3-8H2,(H,17,18). The Morgan fingerprint density at radius 2 is 2.16 bits per heavy atom. The van der Waals surface area contributed by atoms with Gasteiger partial charge in [-0.05, 0) is 18.2 Å². The van der Waals surface area contributed by atoms with Gasteiger partial charge in [-0.1, -0.05) is 11.6 Å². The van der Waals surface area contributed by atoms with Crippen LogP contribution >= 0.6 is 11.6 Å². The molecule has 0 unspecified atom stereocenters. The highest BCUT2D eigenvalue weighted by molar-refractivity contribution is 6.31. The van der Waals surface area contributed by atoms with Crippen molar-refractivity contribution >= 4 is 23.3 Å². The molecule has 0 spiro atoms. The first-order valence-electron chi connectivity index (χ1n) is 6.23. The first kappa shape index (κ1) is 14.1. The largest absolute Gasteiger partial charge is 0.478 e. The fourth-order valence-electron chi connectivity index (χ4n) is 2.02. The Labute approximate surface area is 117 Å². The van der Waals surface area contributed by atoms with E-state index in [0.29, 0.717) is 17.3 Å². The van der Waals surface area contributed by atoms with E-state index in [1.54, 1.807) is 12.1 Å². The number of morpholine rings is 1. The highest BCUT2D eigenvalue weighted by Gasteiger charge is 2.12. The molecule has 104 valence electrons. The lowest BCUT2D eigenvalue weighted by Gasteiger charge is -2.26. The van der Waals surface area contributed by atoms with E-state index in [0.717, 1.165) is 32.8 Å². The van der Waals surface area contributed by atoms with Gasteiger partial charge in [0.1, 0.15) is 0 Å². The Balaban J connectivity index is 1.89. The Kier molecular flexibility index (Phi) is 5.01. The highest BCUT2D eigenvalue weighted by atomic mass is 35.5. The maximum atomic E-state index is 11.1. The maximum absolute atomic E-state index is 11.1. The van der Waals surface area contributed by atoms with Gasteiger partial charge in [0.2, 0.25) is 0 Å². The van der Waals surface area contributed by atoms with Gasteiger partial charge in [0.05, 0.1) is 18.8 Å². The van der Waals surface area contributed by atoms with Gasteiger partial charge in [-0.2, -0.15) is 0 Å². The predicted octanol–water partition coefficient (Wildman–Crippen LogP) is 1.78. The van der Waals surface area contributed by atoms with Gasteiger partial charge in [-0.3, -0.25) is 4.90 Å². The summed E-state index contributed by atoms with van der Waals surface area (Å²) < 4.78 is 5.27. The third kappa shape index (κ3) is 4.09. The number of aromatic carboxylic acids is 1. The topological polar surface area (TPSA) is 61.8 Å². The second kappa shape index (κ2) is 6.75. The highest BCUT2D eigenvalue weighted by Crippen LogP contribution is 2.20. The van der Waals surface area contributed by atoms with E-state index >= 15 is 0 Å². The normalized spacial score (nSPS) is 16.3. The molecule has 0 aromatic heterocycles. The molecule has 1 aromatic rings. The molecule has 0 aliphatic carbocycles. The molecule has 2 rings (SSSR count). The van der Waals surface area contributed by atoms with Crippen molar-refractivity contribution in [2.24, 2.45) is 0 Å². The van der Waals surface area contributed by atoms with Crippen molar-refractivity contribution in [1.82, 2.24) is 4.90 Å². The number of carboxylic acid groups (broad SMARTS) is 1. The second-order valence-corrected chi connectivity index (χ2v) is 4.81. The number of anilines is 1. The molecule has 0 atom stereocenters. The minimum atomic E-state index is -0.976. The van der Waals surface area contributed by atoms with Crippen molar-refractivity contribution in [1.29, 1.82) is 0 Å². The number of hydrogen-bond acceptors (Lipinski definition) is 4. The number of nitrogens with one attached hydrogen (secondary N) is 1. The van der Waals surface area contributed by atoms with E-state index in [4.69, 9.17) is 21.4 Å². The lowest BCUT2D eigenvalue weighted by atomic mass is 10.2. The summed E-state index contributed by atoms with van der Waals surface area (Å²) in [6.07, 6.45) is 0. The van der Waals surface area contributed by atoms with Gasteiger partial charge in [0, 0.05) is 36.9 Å². The zero-order valence-electron chi connectivity index (χ0n) is 10.6. The van der Waals surface area contributed by atoms with Crippen LogP contribution in [0, 0.1) is 0 Å². The zero-order chi connectivity index (χ0) is 13.7. The van der Waals surface area contributed by atoms with Crippen LogP contribution < -0.4 is 5.32 Å². The molecular formula is C13H17ClN2O3. The summed E-state index contributed by atoms with van der Waals surface area (Å²) in [4.78, 5) is 13.4. The molecule has 1 aliphatic rings. The van der Waals surface area contributed by atoms with Crippen LogP contribution in [0.15, 0.2) is 18.2 Å². The monoisotopic (exact) mass is 284 g/mol. The SMILES string of the molecule is O=C(O)c1cc(Cl)ccc1NCCN1CCOCC1. The van der Waals surface area contributed by atoms with Crippen molar-refractivity contribution < 1.29 is 14.6 Å². The van der Waals surface area contributed by atoms with E-state index < -0.39 is 5.97 Å². The van der Waals surface area contributed by atoms with E-state index in [-0.39, 0.29) is 5.56 Å². The minimum absolute atomic E-state index is 0.203. The number of hydrogen-bond donors (Lipinski definition) is 2. The third-order valence-corrected chi connectivity index (χ3v) is 3.29. The van der Waals surface area contributed by atoms with Gasteiger partial charge in [-0.25, -0.2) is 4.79 Å². The Bertz CT molecular complexity index is 448. The summed E-state index contributed by atoms with van der Waals surface area (Å²) in [6, 6.07) is 4.84. The molecule has 0 radical (unpaired) electrons. The summed E-state index contributed by atoms with van der Waals surface area (Å²) in [5, 5.41) is 12.7. The molecule has 0 bridgehead atoms. The third-order valence-electron chi connectivity index (χ3n) is 3.06. The lowest BCUT2D eigenvalue weighted by molar-refractivity contribution is 0.0398. The summed E-state index contributed by atoms with van der Waals surface area (Å²) in [7, 11) is 0. The van der Waals surface area contributed by atoms with Crippen molar-refractivity contribution in [2.45, 2.75) is 0 Å². The Morgan fingerprint density at radius 1 is 1.42 bits per heavy atom. The van der Waals surface area contributed by atoms with E-state index in [9.17, 15) is 4.79 Å². The van der Waals surface area contributed by atoms with Crippen LogP contribution in [0.5, 0.6) is 0 Å². The molecule has 6 heteroatoms. The van der Waals surface area contributed by atoms with Crippen molar-refractivity contribution in [2.75, 3.05) is 44.7 Å². The van der Waals surface area contributed by atoms with Gasteiger partial charge in [0.25, 0.3) is 0 Å². The molecule has 0 saturated carbocycles. The number of halogens is 1. The van der Waals surface area contributed by atoms with Gasteiger partial charge >= 0.3 is 5.97 Å². The Hall–Kier alpha value is -1.30. The molecule has 1 fully saturated rings. The number of rotatable bonds is 5. The van der Waals surface area contributed by atoms with Crippen molar-refractivity contribution in [3.8, 4) is 0 Å². The predicted molar refractivity (Wildman–Crippen MR) is 74.2 cm³/mol. The molecule has 2 N–H and O–H groups in total. The number of ether oxygens (including phenoxy) is 1. The van der Waals surface area contributed by atoms with Gasteiger partial charge in [-0.15, -0.1) is 0 Å². The van der Waals surface area contributed by atoms with E-state index in [2.05, 4.69) is 10.2 Å². The molecular weight excluding hydrogens is 268 g/mol. The van der Waals surface area contributed by atoms with Crippen LogP contribution in [-0.4, -0.2) is 55.4 Å². The molecule has 19 heavy (non-hydrogen) atoms. The first-order chi connectivity index (χ1) is 9.16. The zero-order valence-corrected chi connectivity index (χ0v) is 11.3. The quantitative estimate of drug-likeness (QED) is 0.863. The summed E-state index contributed by atoms with van der Waals surface area (Å²) in [5.74, 6) is -0.976. The number of carbonyl (C=O) groups is 1. The average molecular weight is 285 g/mol. The van der Waals surface area contributed by atoms with Crippen LogP contribution in [0.25, 0.3) is 0 Å². The fraction of sp³-hybridized carbons (Fsp3) is 0.462. The minimum Gasteiger partial charge on any atom is -0.478 e. The van der Waals surface area contributed by atoms with Crippen LogP contribution in [0.4, 0.5) is 5.69 Å². The number of nitrogens with zero attached hydrogens (tertiary/aromatic N) is 1. The van der Waals surface area contributed by atoms with E-state index in [1.807, 2.05) is 0 Å². The average Bonchev–Trinajstić information content (AvgIpc) is 2.41. The first-order valence-corrected chi connectivity index (χ1v) is 6.61. The van der Waals surface area contributed by atoms with E-state index in [1.165, 1.54) is 6.07 Å². The van der Waals surface area contributed by atoms with Gasteiger partial charge < -0.3 is 15.2 Å². The molecule has 1 aliphatic heterocycles. The molecule has 1 saturated heterocycles. The Morgan fingerprint density at radius 3 is 2.84 bits per heavy atom. The molecule has 1 heterocycles. The van der Waals surface area contributed by atoms with Crippen LogP contribution in [0.3, 0.4) is 0 Å². The molecule has 1 aromatic carbocycles. The number of benzene rings is 1. The summed E-state index contributed by atoms with van der Waals surface area (Å²) >= 11 is 5.80. The maximum Gasteiger partial charge on any atom is 0.337 e. The smallest absolute Gasteiger partial charge is 0.337 e. The van der Waals surface area contributed by atoms with Crippen LogP contribution in [0.1, 0.15) is 10.4 Å². The second-order valence-electron chi connectivity index (χ2n) is 4.38. The summed E-state index contributed by atoms with van der Waals surface area (Å²) in [6.45, 7) is 4.94. The van der Waals surface area contributed by atoms with Gasteiger partial charge in [0.15, 0.2) is 0 Å². The molecule has 0 amide bonds.